The third-order valence-corrected chi connectivity index (χ3v) is 0. The summed E-state index contributed by atoms with van der Waals surface area (Å²) in [5.74, 6) is 0. The van der Waals surface area contributed by atoms with Crippen LogP contribution in [0.4, 0.5) is 0 Å². The predicted octanol–water partition coefficient (Wildman–Crippen LogP) is -0.477. The minimum atomic E-state index is 0. The summed E-state index contributed by atoms with van der Waals surface area (Å²) in [6.45, 7) is 0. The molecule has 0 aliphatic rings. The Morgan fingerprint density at radius 3 is 1.00 bits per heavy atom. The maximum atomic E-state index is 7.88. The standard InChI is InChI=1S/2Ni.2H2O.O/h;;2*1H2;/q;+2;;;/p-2. The second-order valence-electron chi connectivity index (χ2n) is 0. The Morgan fingerprint density at radius 1 is 1.00 bits per heavy atom. The van der Waals surface area contributed by atoms with Gasteiger partial charge in [0.05, 0.1) is 0 Å². The average molecular weight is 167 g/mol. The molecular formula is H2Ni2O3. The Kier molecular flexibility index (Phi) is 1120. The van der Waals surface area contributed by atoms with E-state index in [4.69, 9.17) is 3.90 Å². The molecule has 0 aliphatic carbocycles. The molecule has 0 fully saturated rings. The third-order valence-electron chi connectivity index (χ3n) is 0. The van der Waals surface area contributed by atoms with Gasteiger partial charge in [0, 0.05) is 0 Å². The second-order valence-corrected chi connectivity index (χ2v) is 0. The molecule has 0 saturated carbocycles. The summed E-state index contributed by atoms with van der Waals surface area (Å²) in [5, 5.41) is 0. The van der Waals surface area contributed by atoms with Gasteiger partial charge in [0.2, 0.25) is 0 Å². The molecule has 0 aromatic carbocycles. The van der Waals surface area contributed by atoms with Crippen LogP contribution in [-0.2, 0) is 35.8 Å². The van der Waals surface area contributed by atoms with Gasteiger partial charge in [-0.15, -0.1) is 0 Å². The summed E-state index contributed by atoms with van der Waals surface area (Å²) in [4.78, 5) is 0. The normalized spacial score (nSPS) is 1.20. The molecule has 0 radical (unpaired) electrons. The van der Waals surface area contributed by atoms with Crippen LogP contribution >= 0.6 is 0 Å². The predicted molar refractivity (Wildman–Crippen MR) is 4.56 cm³/mol. The van der Waals surface area contributed by atoms with Crippen molar-refractivity contribution in [1.29, 1.82) is 0 Å². The van der Waals surface area contributed by atoms with Gasteiger partial charge < -0.3 is 11.0 Å². The summed E-state index contributed by atoms with van der Waals surface area (Å²) in [6, 6.07) is 0. The molecule has 0 amide bonds. The Bertz CT molecular complexity index is 4.85. The summed E-state index contributed by atoms with van der Waals surface area (Å²) in [5.41, 5.74) is 0. The molecule has 40 valence electrons. The third kappa shape index (κ3) is 69.0. The van der Waals surface area contributed by atoms with Crippen molar-refractivity contribution in [2.24, 2.45) is 0 Å². The van der Waals surface area contributed by atoms with Crippen LogP contribution in [-0.4, -0.2) is 11.0 Å². The van der Waals surface area contributed by atoms with E-state index < -0.39 is 0 Å². The molecule has 2 N–H and O–H groups in total. The Balaban J connectivity index is -0.00000000167. The van der Waals surface area contributed by atoms with E-state index in [1.807, 2.05) is 0 Å². The summed E-state index contributed by atoms with van der Waals surface area (Å²) < 4.78 is 7.88. The van der Waals surface area contributed by atoms with E-state index in [-0.39, 0.29) is 27.4 Å². The molecule has 0 aromatic rings. The van der Waals surface area contributed by atoms with Crippen molar-refractivity contribution in [2.75, 3.05) is 0 Å². The molecule has 3 nitrogen and oxygen atoms in total. The molecule has 0 unspecified atom stereocenters. The Hall–Kier alpha value is 0.707. The fourth-order valence-corrected chi connectivity index (χ4v) is 0. The van der Waals surface area contributed by atoms with Crippen molar-refractivity contribution in [1.82, 2.24) is 0 Å². The van der Waals surface area contributed by atoms with Crippen LogP contribution in [0.25, 0.3) is 0 Å². The van der Waals surface area contributed by atoms with E-state index in [2.05, 4.69) is 15.4 Å². The van der Waals surface area contributed by atoms with E-state index in [1.165, 1.54) is 0 Å². The molecule has 0 saturated heterocycles. The van der Waals surface area contributed by atoms with Crippen LogP contribution in [0.2, 0.25) is 0 Å². The Morgan fingerprint density at radius 2 is 1.00 bits per heavy atom. The van der Waals surface area contributed by atoms with Gasteiger partial charge in [-0.25, -0.2) is 0 Å². The first kappa shape index (κ1) is 43.4. The molecule has 0 rings (SSSR count). The van der Waals surface area contributed by atoms with Gasteiger partial charge in [0.25, 0.3) is 0 Å². The van der Waals surface area contributed by atoms with Crippen LogP contribution in [0.5, 0.6) is 0 Å². The zero-order chi connectivity index (χ0) is 2.00. The molecular weight excluding hydrogens is 165 g/mol. The monoisotopic (exact) mass is 166 g/mol. The van der Waals surface area contributed by atoms with Crippen LogP contribution in [0.15, 0.2) is 0 Å². The second kappa shape index (κ2) is 129. The van der Waals surface area contributed by atoms with Gasteiger partial charge in [-0.05, 0) is 0 Å². The van der Waals surface area contributed by atoms with Crippen LogP contribution in [0.1, 0.15) is 0 Å². The molecule has 0 bridgehead atoms. The minimum absolute atomic E-state index is 0. The Labute approximate surface area is 47.2 Å². The zero-order valence-electron chi connectivity index (χ0n) is 1.94. The molecule has 0 heterocycles. The summed E-state index contributed by atoms with van der Waals surface area (Å²) in [6.07, 6.45) is 0. The average Bonchev–Trinajstić information content (AvgIpc) is 1.00. The van der Waals surface area contributed by atoms with Crippen molar-refractivity contribution in [3.05, 3.63) is 0 Å². The summed E-state index contributed by atoms with van der Waals surface area (Å²) >= 11 is 2.62. The number of hydrogen-bond donors (Lipinski definition) is 0. The van der Waals surface area contributed by atoms with E-state index in [0.29, 0.717) is 0 Å². The van der Waals surface area contributed by atoms with E-state index in [1.54, 1.807) is 0 Å². The van der Waals surface area contributed by atoms with Gasteiger partial charge in [0.1, 0.15) is 0 Å². The van der Waals surface area contributed by atoms with Gasteiger partial charge in [-0.3, -0.25) is 0 Å². The molecule has 5 heavy (non-hydrogen) atoms. The van der Waals surface area contributed by atoms with Gasteiger partial charge >= 0.3 is 35.8 Å². The first-order valence-electron chi connectivity index (χ1n) is 0.129. The SMILES string of the molecule is [Ni+2].[OH-].[OH-].[O]=[Ni]. The van der Waals surface area contributed by atoms with E-state index >= 15 is 0 Å². The quantitative estimate of drug-likeness (QED) is 0.457. The first-order valence-corrected chi connectivity index (χ1v) is 0.532. The number of hydrogen-bond acceptors (Lipinski definition) is 3. The first-order chi connectivity index (χ1) is 1.00. The fourth-order valence-electron chi connectivity index (χ4n) is 0. The van der Waals surface area contributed by atoms with Crippen molar-refractivity contribution in [2.45, 2.75) is 0 Å². The van der Waals surface area contributed by atoms with E-state index in [0.717, 1.165) is 0 Å². The van der Waals surface area contributed by atoms with E-state index in [9.17, 15) is 0 Å². The maximum absolute atomic E-state index is 7.88. The van der Waals surface area contributed by atoms with Gasteiger partial charge in [-0.1, -0.05) is 0 Å². The van der Waals surface area contributed by atoms with Crippen LogP contribution in [0.3, 0.4) is 0 Å². The molecule has 0 aliphatic heterocycles. The van der Waals surface area contributed by atoms with Gasteiger partial charge in [0.15, 0.2) is 0 Å². The van der Waals surface area contributed by atoms with Crippen molar-refractivity contribution in [3.63, 3.8) is 0 Å². The molecule has 0 spiro atoms. The molecule has 5 heteroatoms. The van der Waals surface area contributed by atoms with Crippen molar-refractivity contribution in [3.8, 4) is 0 Å². The van der Waals surface area contributed by atoms with Crippen LogP contribution in [0, 0.1) is 0 Å². The van der Waals surface area contributed by atoms with Crippen molar-refractivity contribution >= 4 is 0 Å². The summed E-state index contributed by atoms with van der Waals surface area (Å²) in [7, 11) is 0. The fraction of sp³-hybridized carbons (Fsp3) is 0. The number of rotatable bonds is 0. The topological polar surface area (TPSA) is 77.1 Å². The zero-order valence-corrected chi connectivity index (χ0v) is 3.91. The van der Waals surface area contributed by atoms with Gasteiger partial charge in [-0.2, -0.15) is 0 Å². The molecule has 0 aromatic heterocycles. The molecule has 0 atom stereocenters. The van der Waals surface area contributed by atoms with Crippen LogP contribution < -0.4 is 0 Å². The van der Waals surface area contributed by atoms with Crippen molar-refractivity contribution < 1.29 is 46.7 Å².